The summed E-state index contributed by atoms with van der Waals surface area (Å²) in [6.45, 7) is 6.61. The Balaban J connectivity index is 1.71. The van der Waals surface area contributed by atoms with Crippen LogP contribution in [0.1, 0.15) is 18.9 Å². The maximum Gasteiger partial charge on any atom is 0.236 e. The second-order valence-electron chi connectivity index (χ2n) is 6.06. The highest BCUT2D eigenvalue weighted by atomic mass is 35.5. The van der Waals surface area contributed by atoms with Gasteiger partial charge in [0.2, 0.25) is 5.91 Å². The van der Waals surface area contributed by atoms with Crippen molar-refractivity contribution in [3.63, 3.8) is 0 Å². The SMILES string of the molecule is CCC1CN(CC(=O)N2CCOCC2)Cc2ccc(Cl)cc2O1. The fourth-order valence-corrected chi connectivity index (χ4v) is 3.18. The van der Waals surface area contributed by atoms with E-state index in [0.29, 0.717) is 44.4 Å². The van der Waals surface area contributed by atoms with Crippen molar-refractivity contribution in [2.24, 2.45) is 0 Å². The van der Waals surface area contributed by atoms with E-state index in [9.17, 15) is 4.79 Å². The average molecular weight is 339 g/mol. The highest BCUT2D eigenvalue weighted by Gasteiger charge is 2.25. The molecule has 5 nitrogen and oxygen atoms in total. The number of carbonyl (C=O) groups is 1. The monoisotopic (exact) mass is 338 g/mol. The number of fused-ring (bicyclic) bond motifs is 1. The van der Waals surface area contributed by atoms with Crippen LogP contribution in [0, 0.1) is 0 Å². The molecule has 2 aliphatic heterocycles. The third-order valence-electron chi connectivity index (χ3n) is 4.36. The van der Waals surface area contributed by atoms with Gasteiger partial charge in [-0.1, -0.05) is 24.6 Å². The number of ether oxygens (including phenoxy) is 2. The summed E-state index contributed by atoms with van der Waals surface area (Å²) in [5.74, 6) is 1.01. The molecule has 1 atom stereocenters. The molecular formula is C17H23ClN2O3. The van der Waals surface area contributed by atoms with Crippen molar-refractivity contribution in [3.8, 4) is 5.75 Å². The topological polar surface area (TPSA) is 42.0 Å². The van der Waals surface area contributed by atoms with E-state index >= 15 is 0 Å². The standard InChI is InChI=1S/C17H23ClN2O3/c1-2-15-11-19(12-17(21)20-5-7-22-8-6-20)10-13-3-4-14(18)9-16(13)23-15/h3-4,9,15H,2,5-8,10-12H2,1H3. The highest BCUT2D eigenvalue weighted by molar-refractivity contribution is 6.30. The van der Waals surface area contributed by atoms with Gasteiger partial charge >= 0.3 is 0 Å². The maximum absolute atomic E-state index is 12.5. The molecule has 0 saturated carbocycles. The maximum atomic E-state index is 12.5. The molecule has 126 valence electrons. The molecule has 23 heavy (non-hydrogen) atoms. The number of morpholine rings is 1. The van der Waals surface area contributed by atoms with E-state index in [1.807, 2.05) is 23.1 Å². The second-order valence-corrected chi connectivity index (χ2v) is 6.50. The van der Waals surface area contributed by atoms with Crippen LogP contribution in [0.4, 0.5) is 0 Å². The Morgan fingerprint density at radius 1 is 1.35 bits per heavy atom. The van der Waals surface area contributed by atoms with Crippen LogP contribution < -0.4 is 4.74 Å². The van der Waals surface area contributed by atoms with Gasteiger partial charge < -0.3 is 14.4 Å². The van der Waals surface area contributed by atoms with Gasteiger partial charge in [0.1, 0.15) is 11.9 Å². The summed E-state index contributed by atoms with van der Waals surface area (Å²) >= 11 is 6.08. The summed E-state index contributed by atoms with van der Waals surface area (Å²) in [7, 11) is 0. The van der Waals surface area contributed by atoms with Crippen LogP contribution in [0.25, 0.3) is 0 Å². The fraction of sp³-hybridized carbons (Fsp3) is 0.588. The lowest BCUT2D eigenvalue weighted by molar-refractivity contribution is -0.136. The molecule has 0 aromatic heterocycles. The molecule has 1 unspecified atom stereocenters. The Morgan fingerprint density at radius 3 is 2.87 bits per heavy atom. The molecule has 0 spiro atoms. The number of rotatable bonds is 3. The quantitative estimate of drug-likeness (QED) is 0.847. The van der Waals surface area contributed by atoms with E-state index in [1.54, 1.807) is 0 Å². The van der Waals surface area contributed by atoms with Crippen LogP contribution in [0.2, 0.25) is 5.02 Å². The second kappa shape index (κ2) is 7.51. The molecule has 1 aromatic carbocycles. The average Bonchev–Trinajstić information content (AvgIpc) is 2.74. The molecule has 0 radical (unpaired) electrons. The lowest BCUT2D eigenvalue weighted by Gasteiger charge is -2.30. The zero-order valence-corrected chi connectivity index (χ0v) is 14.2. The van der Waals surface area contributed by atoms with Crippen molar-refractivity contribution in [1.82, 2.24) is 9.80 Å². The molecule has 2 heterocycles. The van der Waals surface area contributed by atoms with Gasteiger partial charge in [-0.2, -0.15) is 0 Å². The summed E-state index contributed by atoms with van der Waals surface area (Å²) < 4.78 is 11.4. The van der Waals surface area contributed by atoms with E-state index in [2.05, 4.69) is 11.8 Å². The fourth-order valence-electron chi connectivity index (χ4n) is 3.02. The third-order valence-corrected chi connectivity index (χ3v) is 4.59. The lowest BCUT2D eigenvalue weighted by Crippen LogP contribution is -2.46. The minimum absolute atomic E-state index is 0.0761. The Bertz CT molecular complexity index is 561. The van der Waals surface area contributed by atoms with Crippen LogP contribution in [-0.2, 0) is 16.1 Å². The summed E-state index contributed by atoms with van der Waals surface area (Å²) in [5.41, 5.74) is 1.08. The van der Waals surface area contributed by atoms with E-state index < -0.39 is 0 Å². The summed E-state index contributed by atoms with van der Waals surface area (Å²) in [6.07, 6.45) is 0.973. The largest absolute Gasteiger partial charge is 0.489 e. The van der Waals surface area contributed by atoms with Crippen LogP contribution in [0.15, 0.2) is 18.2 Å². The van der Waals surface area contributed by atoms with Crippen LogP contribution in [-0.4, -0.2) is 61.2 Å². The number of hydrogen-bond donors (Lipinski definition) is 0. The molecule has 1 amide bonds. The summed E-state index contributed by atoms with van der Waals surface area (Å²) in [4.78, 5) is 16.6. The van der Waals surface area contributed by atoms with Crippen molar-refractivity contribution < 1.29 is 14.3 Å². The van der Waals surface area contributed by atoms with Crippen LogP contribution in [0.5, 0.6) is 5.75 Å². The zero-order valence-electron chi connectivity index (χ0n) is 13.5. The highest BCUT2D eigenvalue weighted by Crippen LogP contribution is 2.29. The first-order valence-corrected chi connectivity index (χ1v) is 8.56. The number of halogens is 1. The van der Waals surface area contributed by atoms with E-state index in [4.69, 9.17) is 21.1 Å². The smallest absolute Gasteiger partial charge is 0.236 e. The molecule has 2 aliphatic rings. The molecular weight excluding hydrogens is 316 g/mol. The van der Waals surface area contributed by atoms with E-state index in [1.165, 1.54) is 0 Å². The van der Waals surface area contributed by atoms with Gasteiger partial charge in [-0.15, -0.1) is 0 Å². The number of carbonyl (C=O) groups excluding carboxylic acids is 1. The molecule has 0 aliphatic carbocycles. The third kappa shape index (κ3) is 4.16. The normalized spacial score (nSPS) is 22.2. The number of benzene rings is 1. The molecule has 0 bridgehead atoms. The lowest BCUT2D eigenvalue weighted by atomic mass is 10.2. The van der Waals surface area contributed by atoms with Crippen molar-refractivity contribution >= 4 is 17.5 Å². The molecule has 1 aromatic rings. The minimum Gasteiger partial charge on any atom is -0.489 e. The van der Waals surface area contributed by atoms with Crippen molar-refractivity contribution in [3.05, 3.63) is 28.8 Å². The number of amides is 1. The predicted molar refractivity (Wildman–Crippen MR) is 88.8 cm³/mol. The van der Waals surface area contributed by atoms with E-state index in [-0.39, 0.29) is 12.0 Å². The van der Waals surface area contributed by atoms with Crippen molar-refractivity contribution in [2.75, 3.05) is 39.4 Å². The predicted octanol–water partition coefficient (Wildman–Crippen LogP) is 2.17. The zero-order chi connectivity index (χ0) is 16.2. The summed E-state index contributed by atoms with van der Waals surface area (Å²) in [6, 6.07) is 5.73. The number of nitrogens with zero attached hydrogens (tertiary/aromatic N) is 2. The molecule has 6 heteroatoms. The van der Waals surface area contributed by atoms with Crippen molar-refractivity contribution in [2.45, 2.75) is 26.0 Å². The first-order chi connectivity index (χ1) is 11.2. The van der Waals surface area contributed by atoms with Gasteiger partial charge in [-0.05, 0) is 18.6 Å². The number of hydrogen-bond acceptors (Lipinski definition) is 4. The van der Waals surface area contributed by atoms with Gasteiger partial charge in [0, 0.05) is 36.8 Å². The molecule has 0 N–H and O–H groups in total. The minimum atomic E-state index is 0.0761. The first kappa shape index (κ1) is 16.6. The first-order valence-electron chi connectivity index (χ1n) is 8.18. The van der Waals surface area contributed by atoms with Gasteiger partial charge in [0.05, 0.1) is 19.8 Å². The Hall–Kier alpha value is -1.30. The Morgan fingerprint density at radius 2 is 2.13 bits per heavy atom. The molecule has 3 rings (SSSR count). The Labute approximate surface area is 142 Å². The van der Waals surface area contributed by atoms with E-state index in [0.717, 1.165) is 24.3 Å². The van der Waals surface area contributed by atoms with Gasteiger partial charge in [-0.3, -0.25) is 9.69 Å². The van der Waals surface area contributed by atoms with Crippen LogP contribution >= 0.6 is 11.6 Å². The molecule has 1 saturated heterocycles. The van der Waals surface area contributed by atoms with Crippen molar-refractivity contribution in [1.29, 1.82) is 0 Å². The molecule has 1 fully saturated rings. The Kier molecular flexibility index (Phi) is 5.41. The van der Waals surface area contributed by atoms with Crippen LogP contribution in [0.3, 0.4) is 0 Å². The van der Waals surface area contributed by atoms with Gasteiger partial charge in [-0.25, -0.2) is 0 Å². The van der Waals surface area contributed by atoms with Gasteiger partial charge in [0.25, 0.3) is 0 Å². The summed E-state index contributed by atoms with van der Waals surface area (Å²) in [5, 5.41) is 0.677. The van der Waals surface area contributed by atoms with Gasteiger partial charge in [0.15, 0.2) is 0 Å².